The molecule has 0 aliphatic carbocycles. The Balaban J connectivity index is 2.16. The van der Waals surface area contributed by atoms with E-state index < -0.39 is 17.0 Å². The maximum Gasteiger partial charge on any atom is 0.309 e. The molecule has 0 N–H and O–H groups in total. The first kappa shape index (κ1) is 14.0. The molecule has 0 amide bonds. The van der Waals surface area contributed by atoms with Crippen LogP contribution in [-0.2, 0) is 9.53 Å². The molecule has 20 heavy (non-hydrogen) atoms. The lowest BCUT2D eigenvalue weighted by Crippen LogP contribution is -2.29. The molecule has 0 radical (unpaired) electrons. The summed E-state index contributed by atoms with van der Waals surface area (Å²) in [5, 5.41) is 10.7. The van der Waals surface area contributed by atoms with Crippen molar-refractivity contribution in [2.24, 2.45) is 0 Å². The molecule has 0 unspecified atom stereocenters. The summed E-state index contributed by atoms with van der Waals surface area (Å²) in [6.07, 6.45) is -0.598. The highest BCUT2D eigenvalue weighted by molar-refractivity contribution is 6.00. The summed E-state index contributed by atoms with van der Waals surface area (Å²) in [6.45, 7) is 1.96. The highest BCUT2D eigenvalue weighted by Gasteiger charge is 2.29. The van der Waals surface area contributed by atoms with Crippen molar-refractivity contribution in [2.45, 2.75) is 25.9 Å². The first-order valence-corrected chi connectivity index (χ1v) is 6.15. The van der Waals surface area contributed by atoms with Gasteiger partial charge < -0.3 is 9.47 Å². The number of Topliss-reactive ketones (excluding diaryl/α,β-unsaturated/α-hetero) is 1. The third kappa shape index (κ3) is 2.93. The number of rotatable bonds is 4. The van der Waals surface area contributed by atoms with Crippen LogP contribution in [0.15, 0.2) is 18.2 Å². The van der Waals surface area contributed by atoms with E-state index in [9.17, 15) is 19.7 Å². The molecule has 0 aromatic heterocycles. The molecular formula is C13H13NO6. The lowest BCUT2D eigenvalue weighted by atomic mass is 9.98. The smallest absolute Gasteiger partial charge is 0.309 e. The Labute approximate surface area is 114 Å². The minimum atomic E-state index is -0.587. The number of ether oxygens (including phenoxy) is 2. The SMILES string of the molecule is CCOC(=O)C[C@H]1CC(=O)c2cc([N+](=O)[O-])ccc2O1. The largest absolute Gasteiger partial charge is 0.489 e. The lowest BCUT2D eigenvalue weighted by molar-refractivity contribution is -0.384. The summed E-state index contributed by atoms with van der Waals surface area (Å²) in [5.74, 6) is -0.443. The molecule has 1 aromatic rings. The van der Waals surface area contributed by atoms with E-state index in [4.69, 9.17) is 9.47 Å². The van der Waals surface area contributed by atoms with Gasteiger partial charge in [0.15, 0.2) is 5.78 Å². The standard InChI is InChI=1S/C13H13NO6/c1-2-19-13(16)7-9-6-11(15)10-5-8(14(17)18)3-4-12(10)20-9/h3-5,9H,2,6-7H2,1H3/t9-/m1/s1. The van der Waals surface area contributed by atoms with Gasteiger partial charge >= 0.3 is 5.97 Å². The van der Waals surface area contributed by atoms with Crippen LogP contribution < -0.4 is 4.74 Å². The number of nitro benzene ring substituents is 1. The number of non-ortho nitro benzene ring substituents is 1. The van der Waals surface area contributed by atoms with E-state index in [2.05, 4.69) is 0 Å². The highest BCUT2D eigenvalue weighted by Crippen LogP contribution is 2.31. The van der Waals surface area contributed by atoms with Gasteiger partial charge in [0.05, 0.1) is 23.5 Å². The Hall–Kier alpha value is -2.44. The number of carbonyl (C=O) groups excluding carboxylic acids is 2. The zero-order valence-electron chi connectivity index (χ0n) is 10.8. The van der Waals surface area contributed by atoms with Crippen LogP contribution in [0, 0.1) is 10.1 Å². The first-order valence-electron chi connectivity index (χ1n) is 6.15. The van der Waals surface area contributed by atoms with Crippen LogP contribution in [0.1, 0.15) is 30.1 Å². The van der Waals surface area contributed by atoms with Crippen LogP contribution in [0.3, 0.4) is 0 Å². The van der Waals surface area contributed by atoms with Gasteiger partial charge in [0, 0.05) is 18.6 Å². The third-order valence-corrected chi connectivity index (χ3v) is 2.88. The van der Waals surface area contributed by atoms with Gasteiger partial charge in [-0.1, -0.05) is 0 Å². The van der Waals surface area contributed by atoms with E-state index in [1.54, 1.807) is 6.92 Å². The summed E-state index contributed by atoms with van der Waals surface area (Å²) in [4.78, 5) is 33.4. The van der Waals surface area contributed by atoms with Crippen LogP contribution in [0.25, 0.3) is 0 Å². The fraction of sp³-hybridized carbons (Fsp3) is 0.385. The van der Waals surface area contributed by atoms with Gasteiger partial charge in [-0.05, 0) is 13.0 Å². The molecule has 0 fully saturated rings. The number of fused-ring (bicyclic) bond motifs is 1. The number of esters is 1. The van der Waals surface area contributed by atoms with Crippen molar-refractivity contribution in [3.05, 3.63) is 33.9 Å². The van der Waals surface area contributed by atoms with E-state index >= 15 is 0 Å². The minimum Gasteiger partial charge on any atom is -0.489 e. The molecule has 106 valence electrons. The van der Waals surface area contributed by atoms with Crippen molar-refractivity contribution < 1.29 is 24.0 Å². The molecule has 1 heterocycles. The van der Waals surface area contributed by atoms with E-state index in [1.165, 1.54) is 18.2 Å². The summed E-state index contributed by atoms with van der Waals surface area (Å²) in [5.41, 5.74) is 0.0175. The zero-order chi connectivity index (χ0) is 14.7. The van der Waals surface area contributed by atoms with Crippen LogP contribution in [0.4, 0.5) is 5.69 Å². The van der Waals surface area contributed by atoms with E-state index in [0.717, 1.165) is 0 Å². The molecule has 2 rings (SSSR count). The maximum absolute atomic E-state index is 12.0. The lowest BCUT2D eigenvalue weighted by Gasteiger charge is -2.24. The predicted molar refractivity (Wildman–Crippen MR) is 67.7 cm³/mol. The summed E-state index contributed by atoms with van der Waals surface area (Å²) in [7, 11) is 0. The van der Waals surface area contributed by atoms with Crippen molar-refractivity contribution in [3.63, 3.8) is 0 Å². The number of ketones is 1. The summed E-state index contributed by atoms with van der Waals surface area (Å²) < 4.78 is 10.3. The van der Waals surface area contributed by atoms with Gasteiger partial charge in [-0.2, -0.15) is 0 Å². The normalized spacial score (nSPS) is 17.1. The fourth-order valence-electron chi connectivity index (χ4n) is 2.01. The monoisotopic (exact) mass is 279 g/mol. The van der Waals surface area contributed by atoms with Crippen molar-refractivity contribution in [1.82, 2.24) is 0 Å². The average molecular weight is 279 g/mol. The van der Waals surface area contributed by atoms with Crippen molar-refractivity contribution in [1.29, 1.82) is 0 Å². The highest BCUT2D eigenvalue weighted by atomic mass is 16.6. The van der Waals surface area contributed by atoms with Crippen molar-refractivity contribution in [3.8, 4) is 5.75 Å². The van der Waals surface area contributed by atoms with Gasteiger partial charge in [0.2, 0.25) is 0 Å². The molecular weight excluding hydrogens is 266 g/mol. The Kier molecular flexibility index (Phi) is 3.97. The Bertz CT molecular complexity index is 568. The molecule has 0 saturated heterocycles. The molecule has 1 aliphatic rings. The Morgan fingerprint density at radius 1 is 1.55 bits per heavy atom. The molecule has 0 saturated carbocycles. The molecule has 1 atom stereocenters. The second kappa shape index (κ2) is 5.68. The van der Waals surface area contributed by atoms with Gasteiger partial charge in [0.25, 0.3) is 5.69 Å². The van der Waals surface area contributed by atoms with E-state index in [0.29, 0.717) is 0 Å². The molecule has 7 heteroatoms. The van der Waals surface area contributed by atoms with E-state index in [1.807, 2.05) is 0 Å². The average Bonchev–Trinajstić information content (AvgIpc) is 2.38. The predicted octanol–water partition coefficient (Wildman–Crippen LogP) is 1.88. The first-order chi connectivity index (χ1) is 9.51. The number of hydrogen-bond acceptors (Lipinski definition) is 6. The summed E-state index contributed by atoms with van der Waals surface area (Å²) >= 11 is 0. The molecule has 0 spiro atoms. The second-order valence-electron chi connectivity index (χ2n) is 4.31. The molecule has 1 aliphatic heterocycles. The van der Waals surface area contributed by atoms with E-state index in [-0.39, 0.29) is 42.2 Å². The van der Waals surface area contributed by atoms with Crippen LogP contribution in [0.2, 0.25) is 0 Å². The second-order valence-corrected chi connectivity index (χ2v) is 4.31. The topological polar surface area (TPSA) is 95.7 Å². The number of nitro groups is 1. The zero-order valence-corrected chi connectivity index (χ0v) is 10.8. The third-order valence-electron chi connectivity index (χ3n) is 2.88. The van der Waals surface area contributed by atoms with Crippen LogP contribution >= 0.6 is 0 Å². The minimum absolute atomic E-state index is 0.00693. The Morgan fingerprint density at radius 3 is 2.95 bits per heavy atom. The Morgan fingerprint density at radius 2 is 2.30 bits per heavy atom. The summed E-state index contributed by atoms with van der Waals surface area (Å²) in [6, 6.07) is 3.83. The van der Waals surface area contributed by atoms with Gasteiger partial charge in [0.1, 0.15) is 11.9 Å². The number of benzene rings is 1. The van der Waals surface area contributed by atoms with Gasteiger partial charge in [-0.25, -0.2) is 0 Å². The maximum atomic E-state index is 12.0. The van der Waals surface area contributed by atoms with Crippen LogP contribution in [0.5, 0.6) is 5.75 Å². The molecule has 0 bridgehead atoms. The van der Waals surface area contributed by atoms with Crippen molar-refractivity contribution >= 4 is 17.4 Å². The number of nitrogens with zero attached hydrogens (tertiary/aromatic N) is 1. The van der Waals surface area contributed by atoms with Gasteiger partial charge in [-0.3, -0.25) is 19.7 Å². The molecule has 7 nitrogen and oxygen atoms in total. The number of hydrogen-bond donors (Lipinski definition) is 0. The molecule has 1 aromatic carbocycles. The van der Waals surface area contributed by atoms with Gasteiger partial charge in [-0.15, -0.1) is 0 Å². The fourth-order valence-corrected chi connectivity index (χ4v) is 2.01. The number of carbonyl (C=O) groups is 2. The van der Waals surface area contributed by atoms with Crippen LogP contribution in [-0.4, -0.2) is 29.4 Å². The van der Waals surface area contributed by atoms with Crippen molar-refractivity contribution in [2.75, 3.05) is 6.61 Å². The quantitative estimate of drug-likeness (QED) is 0.474.